The van der Waals surface area contributed by atoms with Gasteiger partial charge in [0.2, 0.25) is 5.82 Å². The topological polar surface area (TPSA) is 98.9 Å². The molecular formula is C15H15N5O3. The summed E-state index contributed by atoms with van der Waals surface area (Å²) in [4.78, 5) is 18.7. The lowest BCUT2D eigenvalue weighted by Crippen LogP contribution is -2.40. The monoisotopic (exact) mass is 313 g/mol. The molecule has 4 heterocycles. The average molecular weight is 313 g/mol. The van der Waals surface area contributed by atoms with Crippen molar-refractivity contribution in [3.05, 3.63) is 36.1 Å². The largest absolute Gasteiger partial charge is 0.461 e. The normalized spacial score (nSPS) is 15.2. The first-order valence-corrected chi connectivity index (χ1v) is 7.29. The number of ether oxygens (including phenoxy) is 1. The second kappa shape index (κ2) is 5.40. The number of rotatable bonds is 2. The van der Waals surface area contributed by atoms with Gasteiger partial charge in [0.1, 0.15) is 5.82 Å². The third-order valence-corrected chi connectivity index (χ3v) is 3.75. The number of carbonyl (C=O) groups excluding carboxylic acids is 1. The molecule has 23 heavy (non-hydrogen) atoms. The predicted molar refractivity (Wildman–Crippen MR) is 81.8 cm³/mol. The van der Waals surface area contributed by atoms with Gasteiger partial charge >= 0.3 is 0 Å². The predicted octanol–water partition coefficient (Wildman–Crippen LogP) is 1.04. The van der Waals surface area contributed by atoms with E-state index in [1.165, 1.54) is 4.52 Å². The molecule has 0 bridgehead atoms. The quantitative estimate of drug-likeness (QED) is 0.759. The van der Waals surface area contributed by atoms with Gasteiger partial charge in [0.25, 0.3) is 5.91 Å². The number of carbonyl (C=O) groups is 1. The number of hydrogen-bond acceptors (Lipinski definition) is 6. The molecule has 1 aliphatic heterocycles. The maximum atomic E-state index is 12.6. The average Bonchev–Trinajstić information content (AvgIpc) is 3.24. The van der Waals surface area contributed by atoms with Crippen LogP contribution in [-0.2, 0) is 4.74 Å². The van der Waals surface area contributed by atoms with Crippen molar-refractivity contribution in [1.82, 2.24) is 19.5 Å². The van der Waals surface area contributed by atoms with Crippen LogP contribution in [0.5, 0.6) is 0 Å². The molecule has 1 fully saturated rings. The summed E-state index contributed by atoms with van der Waals surface area (Å²) in [6.07, 6.45) is 1.55. The molecule has 3 aromatic rings. The van der Waals surface area contributed by atoms with Gasteiger partial charge in [-0.1, -0.05) is 0 Å². The molecule has 2 N–H and O–H groups in total. The molecule has 0 spiro atoms. The summed E-state index contributed by atoms with van der Waals surface area (Å²) in [7, 11) is 0. The van der Waals surface area contributed by atoms with Crippen molar-refractivity contribution in [2.45, 2.75) is 0 Å². The SMILES string of the molecule is Nc1cc(C(=O)N2CCOCC2)cc2nc(-c3ccco3)nn12. The summed E-state index contributed by atoms with van der Waals surface area (Å²) in [6.45, 7) is 2.26. The lowest BCUT2D eigenvalue weighted by molar-refractivity contribution is 0.0303. The molecule has 4 rings (SSSR count). The number of nitrogens with two attached hydrogens (primary N) is 1. The zero-order chi connectivity index (χ0) is 15.8. The van der Waals surface area contributed by atoms with Crippen LogP contribution in [0, 0.1) is 0 Å². The molecule has 3 aromatic heterocycles. The fourth-order valence-corrected chi connectivity index (χ4v) is 2.59. The van der Waals surface area contributed by atoms with Gasteiger partial charge in [0.15, 0.2) is 11.4 Å². The Labute approximate surface area is 131 Å². The second-order valence-corrected chi connectivity index (χ2v) is 5.26. The molecule has 1 aliphatic rings. The van der Waals surface area contributed by atoms with Crippen molar-refractivity contribution >= 4 is 17.4 Å². The van der Waals surface area contributed by atoms with E-state index >= 15 is 0 Å². The summed E-state index contributed by atoms with van der Waals surface area (Å²) >= 11 is 0. The first-order valence-electron chi connectivity index (χ1n) is 7.29. The molecular weight excluding hydrogens is 298 g/mol. The van der Waals surface area contributed by atoms with E-state index in [0.717, 1.165) is 0 Å². The van der Waals surface area contributed by atoms with E-state index < -0.39 is 0 Å². The minimum absolute atomic E-state index is 0.0787. The lowest BCUT2D eigenvalue weighted by atomic mass is 10.2. The second-order valence-electron chi connectivity index (χ2n) is 5.26. The zero-order valence-corrected chi connectivity index (χ0v) is 12.3. The summed E-state index contributed by atoms with van der Waals surface area (Å²) in [5.41, 5.74) is 7.03. The van der Waals surface area contributed by atoms with E-state index in [9.17, 15) is 4.79 Å². The fourth-order valence-electron chi connectivity index (χ4n) is 2.59. The minimum Gasteiger partial charge on any atom is -0.461 e. The van der Waals surface area contributed by atoms with Crippen LogP contribution in [0.2, 0.25) is 0 Å². The van der Waals surface area contributed by atoms with Gasteiger partial charge < -0.3 is 19.8 Å². The number of morpholine rings is 1. The number of nitrogen functional groups attached to an aromatic ring is 1. The molecule has 118 valence electrons. The Bertz CT molecular complexity index is 850. The number of nitrogens with zero attached hydrogens (tertiary/aromatic N) is 4. The third kappa shape index (κ3) is 2.42. The number of aromatic nitrogens is 3. The lowest BCUT2D eigenvalue weighted by Gasteiger charge is -2.26. The summed E-state index contributed by atoms with van der Waals surface area (Å²) in [6, 6.07) is 6.83. The smallest absolute Gasteiger partial charge is 0.254 e. The van der Waals surface area contributed by atoms with Gasteiger partial charge in [-0.3, -0.25) is 4.79 Å². The highest BCUT2D eigenvalue weighted by atomic mass is 16.5. The summed E-state index contributed by atoms with van der Waals surface area (Å²) in [5.74, 6) is 1.25. The van der Waals surface area contributed by atoms with Crippen LogP contribution in [0.3, 0.4) is 0 Å². The van der Waals surface area contributed by atoms with Crippen molar-refractivity contribution in [3.63, 3.8) is 0 Å². The first-order chi connectivity index (χ1) is 11.2. The number of anilines is 1. The van der Waals surface area contributed by atoms with Gasteiger partial charge in [0.05, 0.1) is 19.5 Å². The van der Waals surface area contributed by atoms with Crippen molar-refractivity contribution in [3.8, 4) is 11.6 Å². The third-order valence-electron chi connectivity index (χ3n) is 3.75. The van der Waals surface area contributed by atoms with Crippen molar-refractivity contribution in [1.29, 1.82) is 0 Å². The maximum Gasteiger partial charge on any atom is 0.254 e. The summed E-state index contributed by atoms with van der Waals surface area (Å²) < 4.78 is 12.1. The molecule has 0 unspecified atom stereocenters. The molecule has 0 aromatic carbocycles. The van der Waals surface area contributed by atoms with Crippen LogP contribution in [-0.4, -0.2) is 51.7 Å². The Kier molecular flexibility index (Phi) is 3.23. The van der Waals surface area contributed by atoms with Crippen molar-refractivity contribution in [2.75, 3.05) is 32.0 Å². The van der Waals surface area contributed by atoms with E-state index in [4.69, 9.17) is 14.9 Å². The molecule has 8 heteroatoms. The minimum atomic E-state index is -0.0787. The fraction of sp³-hybridized carbons (Fsp3) is 0.267. The summed E-state index contributed by atoms with van der Waals surface area (Å²) in [5, 5.41) is 4.31. The Morgan fingerprint density at radius 2 is 2.09 bits per heavy atom. The number of amides is 1. The molecule has 0 radical (unpaired) electrons. The molecule has 0 saturated carbocycles. The van der Waals surface area contributed by atoms with Crippen molar-refractivity contribution < 1.29 is 13.9 Å². The number of fused-ring (bicyclic) bond motifs is 1. The van der Waals surface area contributed by atoms with E-state index in [-0.39, 0.29) is 5.91 Å². The van der Waals surface area contributed by atoms with Crippen molar-refractivity contribution in [2.24, 2.45) is 0 Å². The Balaban J connectivity index is 1.73. The van der Waals surface area contributed by atoms with Crippen LogP contribution in [0.25, 0.3) is 17.2 Å². The van der Waals surface area contributed by atoms with E-state index in [1.54, 1.807) is 35.4 Å². The Hall–Kier alpha value is -2.87. The van der Waals surface area contributed by atoms with Gasteiger partial charge in [0, 0.05) is 18.7 Å². The highest BCUT2D eigenvalue weighted by Crippen LogP contribution is 2.20. The van der Waals surface area contributed by atoms with E-state index in [1.807, 2.05) is 0 Å². The first kappa shape index (κ1) is 13.8. The number of hydrogen-bond donors (Lipinski definition) is 1. The van der Waals surface area contributed by atoms with Crippen LogP contribution < -0.4 is 5.73 Å². The van der Waals surface area contributed by atoms with E-state index in [0.29, 0.717) is 54.9 Å². The molecule has 8 nitrogen and oxygen atoms in total. The highest BCUT2D eigenvalue weighted by molar-refractivity contribution is 5.96. The van der Waals surface area contributed by atoms with Crippen LogP contribution in [0.15, 0.2) is 34.9 Å². The Morgan fingerprint density at radius 3 is 2.83 bits per heavy atom. The van der Waals surface area contributed by atoms with E-state index in [2.05, 4.69) is 10.1 Å². The van der Waals surface area contributed by atoms with Gasteiger partial charge in [-0.2, -0.15) is 4.52 Å². The van der Waals surface area contributed by atoms with Crippen LogP contribution in [0.4, 0.5) is 5.82 Å². The van der Waals surface area contributed by atoms with Gasteiger partial charge in [-0.05, 0) is 24.3 Å². The standard InChI is InChI=1S/C15H15N5O3/c16-12-8-10(15(21)19-3-6-22-7-4-19)9-13-17-14(18-20(12)13)11-2-1-5-23-11/h1-2,5,8-9H,3-4,6-7,16H2. The zero-order valence-electron chi connectivity index (χ0n) is 12.3. The number of furan rings is 1. The molecule has 0 atom stereocenters. The molecule has 1 amide bonds. The van der Waals surface area contributed by atoms with Crippen LogP contribution in [0.1, 0.15) is 10.4 Å². The van der Waals surface area contributed by atoms with Crippen LogP contribution >= 0.6 is 0 Å². The highest BCUT2D eigenvalue weighted by Gasteiger charge is 2.20. The van der Waals surface area contributed by atoms with Gasteiger partial charge in [-0.25, -0.2) is 4.98 Å². The van der Waals surface area contributed by atoms with Gasteiger partial charge in [-0.15, -0.1) is 5.10 Å². The molecule has 0 aliphatic carbocycles. The molecule has 1 saturated heterocycles. The Morgan fingerprint density at radius 1 is 1.26 bits per heavy atom. The number of pyridine rings is 1. The maximum absolute atomic E-state index is 12.6.